The van der Waals surface area contributed by atoms with Crippen LogP contribution in [0, 0.1) is 13.8 Å². The zero-order valence-electron chi connectivity index (χ0n) is 17.1. The Morgan fingerprint density at radius 3 is 2.47 bits per heavy atom. The summed E-state index contributed by atoms with van der Waals surface area (Å²) in [5, 5.41) is 11.1. The van der Waals surface area contributed by atoms with E-state index in [4.69, 9.17) is 0 Å². The van der Waals surface area contributed by atoms with E-state index in [1.54, 1.807) is 6.20 Å². The van der Waals surface area contributed by atoms with Crippen LogP contribution < -0.4 is 10.6 Å². The molecule has 5 nitrogen and oxygen atoms in total. The molecule has 1 aliphatic rings. The Morgan fingerprint density at radius 1 is 1.10 bits per heavy atom. The maximum atomic E-state index is 13.1. The van der Waals surface area contributed by atoms with Crippen molar-refractivity contribution in [1.82, 2.24) is 15.1 Å². The third-order valence-electron chi connectivity index (χ3n) is 5.61. The molecule has 7 heteroatoms. The van der Waals surface area contributed by atoms with E-state index >= 15 is 0 Å². The van der Waals surface area contributed by atoms with Gasteiger partial charge in [0.05, 0.1) is 23.1 Å². The number of hydrogen-bond donors (Lipinski definition) is 2. The number of anilines is 1. The number of nitrogens with one attached hydrogen (secondary N) is 2. The first-order chi connectivity index (χ1) is 14.0. The molecule has 2 aromatic carbocycles. The lowest BCUT2D eigenvalue weighted by Gasteiger charge is -2.25. The van der Waals surface area contributed by atoms with E-state index in [-0.39, 0.29) is 18.3 Å². The number of carbonyl (C=O) groups is 1. The summed E-state index contributed by atoms with van der Waals surface area (Å²) in [6, 6.07) is 13.9. The molecular formula is C23H26BrClN4O. The second-order valence-corrected chi connectivity index (χ2v) is 8.52. The standard InChI is InChI=1S/C23H25BrN4O.ClH/c1-15-3-8-20(13-16(15)2)28-22(17-9-11-25-12-10-17)21(14-26-28)23(29)27-19-6-4-18(24)5-7-19;/h3-8,13-14,17,25H,9-12H2,1-2H3,(H,27,29);1H. The second-order valence-electron chi connectivity index (χ2n) is 7.61. The lowest BCUT2D eigenvalue weighted by molar-refractivity contribution is 0.102. The molecule has 0 radical (unpaired) electrons. The van der Waals surface area contributed by atoms with Crippen LogP contribution >= 0.6 is 28.3 Å². The van der Waals surface area contributed by atoms with Gasteiger partial charge in [-0.15, -0.1) is 12.4 Å². The number of nitrogens with zero attached hydrogens (tertiary/aromatic N) is 2. The quantitative estimate of drug-likeness (QED) is 0.516. The second kappa shape index (κ2) is 9.77. The van der Waals surface area contributed by atoms with E-state index in [2.05, 4.69) is 63.7 Å². The molecule has 1 saturated heterocycles. The van der Waals surface area contributed by atoms with Gasteiger partial charge in [-0.3, -0.25) is 4.79 Å². The number of aromatic nitrogens is 2. The van der Waals surface area contributed by atoms with Crippen molar-refractivity contribution < 1.29 is 4.79 Å². The summed E-state index contributed by atoms with van der Waals surface area (Å²) >= 11 is 3.43. The van der Waals surface area contributed by atoms with Crippen molar-refractivity contribution in [3.63, 3.8) is 0 Å². The Kier molecular flexibility index (Phi) is 7.34. The lowest BCUT2D eigenvalue weighted by Crippen LogP contribution is -2.29. The van der Waals surface area contributed by atoms with Crippen molar-refractivity contribution in [3.05, 3.63) is 75.5 Å². The van der Waals surface area contributed by atoms with Gasteiger partial charge in [0.15, 0.2) is 0 Å². The molecule has 3 aromatic rings. The molecule has 1 amide bonds. The molecule has 0 unspecified atom stereocenters. The molecule has 0 aliphatic carbocycles. The minimum absolute atomic E-state index is 0. The van der Waals surface area contributed by atoms with Gasteiger partial charge in [-0.1, -0.05) is 22.0 Å². The van der Waals surface area contributed by atoms with Crippen LogP contribution in [0.3, 0.4) is 0 Å². The molecule has 4 rings (SSSR count). The number of halogens is 2. The average molecular weight is 490 g/mol. The molecule has 30 heavy (non-hydrogen) atoms. The predicted molar refractivity (Wildman–Crippen MR) is 127 cm³/mol. The van der Waals surface area contributed by atoms with Crippen LogP contribution in [0.25, 0.3) is 5.69 Å². The van der Waals surface area contributed by atoms with E-state index in [0.29, 0.717) is 11.5 Å². The zero-order chi connectivity index (χ0) is 20.4. The summed E-state index contributed by atoms with van der Waals surface area (Å²) in [5.41, 5.74) is 5.90. The normalized spacial score (nSPS) is 14.2. The maximum absolute atomic E-state index is 13.1. The van der Waals surface area contributed by atoms with Crippen LogP contribution in [-0.2, 0) is 0 Å². The first-order valence-electron chi connectivity index (χ1n) is 9.96. The maximum Gasteiger partial charge on any atom is 0.259 e. The fourth-order valence-electron chi connectivity index (χ4n) is 3.82. The minimum atomic E-state index is -0.115. The van der Waals surface area contributed by atoms with Crippen LogP contribution in [0.4, 0.5) is 5.69 Å². The SMILES string of the molecule is Cc1ccc(-n2ncc(C(=O)Nc3ccc(Br)cc3)c2C2CCNCC2)cc1C.Cl. The molecule has 1 fully saturated rings. The Hall–Kier alpha value is -2.15. The van der Waals surface area contributed by atoms with Gasteiger partial charge in [0.25, 0.3) is 5.91 Å². The highest BCUT2D eigenvalue weighted by Crippen LogP contribution is 2.31. The molecule has 158 valence electrons. The van der Waals surface area contributed by atoms with E-state index in [1.807, 2.05) is 28.9 Å². The summed E-state index contributed by atoms with van der Waals surface area (Å²) in [7, 11) is 0. The van der Waals surface area contributed by atoms with E-state index < -0.39 is 0 Å². The van der Waals surface area contributed by atoms with Gasteiger partial charge in [-0.25, -0.2) is 4.68 Å². The smallest absolute Gasteiger partial charge is 0.259 e. The van der Waals surface area contributed by atoms with Crippen molar-refractivity contribution >= 4 is 39.9 Å². The Bertz CT molecular complexity index is 1030. The van der Waals surface area contributed by atoms with Gasteiger partial charge in [0.1, 0.15) is 0 Å². The molecule has 0 saturated carbocycles. The molecule has 1 aromatic heterocycles. The van der Waals surface area contributed by atoms with Crippen LogP contribution in [0.2, 0.25) is 0 Å². The Morgan fingerprint density at radius 2 is 1.80 bits per heavy atom. The number of amides is 1. The molecule has 0 atom stereocenters. The first-order valence-corrected chi connectivity index (χ1v) is 10.8. The van der Waals surface area contributed by atoms with Crippen molar-refractivity contribution in [2.75, 3.05) is 18.4 Å². The molecule has 2 N–H and O–H groups in total. The number of benzene rings is 2. The topological polar surface area (TPSA) is 59.0 Å². The summed E-state index contributed by atoms with van der Waals surface area (Å²) in [4.78, 5) is 13.1. The minimum Gasteiger partial charge on any atom is -0.322 e. The number of piperidine rings is 1. The molecule has 0 spiro atoms. The van der Waals surface area contributed by atoms with E-state index in [9.17, 15) is 4.79 Å². The summed E-state index contributed by atoms with van der Waals surface area (Å²) in [6.07, 6.45) is 3.70. The van der Waals surface area contributed by atoms with Crippen molar-refractivity contribution in [1.29, 1.82) is 0 Å². The fraction of sp³-hybridized carbons (Fsp3) is 0.304. The summed E-state index contributed by atoms with van der Waals surface area (Å²) < 4.78 is 2.94. The molecule has 0 bridgehead atoms. The number of rotatable bonds is 4. The highest BCUT2D eigenvalue weighted by Gasteiger charge is 2.27. The third kappa shape index (κ3) is 4.77. The molecule has 1 aliphatic heterocycles. The van der Waals surface area contributed by atoms with E-state index in [0.717, 1.165) is 47.5 Å². The third-order valence-corrected chi connectivity index (χ3v) is 6.14. The van der Waals surface area contributed by atoms with Crippen molar-refractivity contribution in [3.8, 4) is 5.69 Å². The monoisotopic (exact) mass is 488 g/mol. The van der Waals surface area contributed by atoms with Gasteiger partial charge in [-0.2, -0.15) is 5.10 Å². The van der Waals surface area contributed by atoms with E-state index in [1.165, 1.54) is 11.1 Å². The lowest BCUT2D eigenvalue weighted by atomic mass is 9.91. The van der Waals surface area contributed by atoms with Gasteiger partial charge in [0, 0.05) is 16.1 Å². The summed E-state index contributed by atoms with van der Waals surface area (Å²) in [6.45, 7) is 6.12. The highest BCUT2D eigenvalue weighted by molar-refractivity contribution is 9.10. The highest BCUT2D eigenvalue weighted by atomic mass is 79.9. The zero-order valence-corrected chi connectivity index (χ0v) is 19.5. The molecule has 2 heterocycles. The fourth-order valence-corrected chi connectivity index (χ4v) is 4.08. The van der Waals surface area contributed by atoms with Crippen LogP contribution in [-0.4, -0.2) is 28.8 Å². The van der Waals surface area contributed by atoms with Crippen molar-refractivity contribution in [2.24, 2.45) is 0 Å². The predicted octanol–water partition coefficient (Wildman–Crippen LogP) is 5.39. The van der Waals surface area contributed by atoms with Gasteiger partial charge < -0.3 is 10.6 Å². The van der Waals surface area contributed by atoms with Gasteiger partial charge in [0.2, 0.25) is 0 Å². The Balaban J connectivity index is 0.00000256. The van der Waals surface area contributed by atoms with Gasteiger partial charge in [-0.05, 0) is 87.3 Å². The first kappa shape index (κ1) is 22.5. The molecular weight excluding hydrogens is 464 g/mol. The van der Waals surface area contributed by atoms with Crippen LogP contribution in [0.1, 0.15) is 45.9 Å². The number of aryl methyl sites for hydroxylation is 2. The summed E-state index contributed by atoms with van der Waals surface area (Å²) in [5.74, 6) is 0.182. The number of hydrogen-bond acceptors (Lipinski definition) is 3. The van der Waals surface area contributed by atoms with Crippen LogP contribution in [0.15, 0.2) is 53.1 Å². The van der Waals surface area contributed by atoms with Crippen LogP contribution in [0.5, 0.6) is 0 Å². The van der Waals surface area contributed by atoms with Gasteiger partial charge >= 0.3 is 0 Å². The Labute approximate surface area is 191 Å². The largest absolute Gasteiger partial charge is 0.322 e. The van der Waals surface area contributed by atoms with Crippen molar-refractivity contribution in [2.45, 2.75) is 32.6 Å². The average Bonchev–Trinajstić information content (AvgIpc) is 3.18. The number of carbonyl (C=O) groups excluding carboxylic acids is 1.